The van der Waals surface area contributed by atoms with Gasteiger partial charge in [-0.3, -0.25) is 10.1 Å². The van der Waals surface area contributed by atoms with E-state index in [0.29, 0.717) is 11.9 Å². The van der Waals surface area contributed by atoms with E-state index >= 15 is 0 Å². The molecule has 0 unspecified atom stereocenters. The molecule has 2 aromatic rings. The Labute approximate surface area is 177 Å². The molecule has 0 aliphatic carbocycles. The number of sulfonamides is 1. The fourth-order valence-electron chi connectivity index (χ4n) is 2.02. The highest BCUT2D eigenvalue weighted by molar-refractivity contribution is 7.99. The standard InChI is InChI=1S/C15H12Cl2F3N3O4S2/c16-11-3-2-10(23(24)25)7-13(11)29(26,27)22-4-1-5-28-14-12(17)6-9(8-21-14)15(18,19)20/h2-3,6-8,22H,1,4-5H2. The summed E-state index contributed by atoms with van der Waals surface area (Å²) in [4.78, 5) is 13.3. The van der Waals surface area contributed by atoms with Crippen molar-refractivity contribution in [1.29, 1.82) is 0 Å². The first-order chi connectivity index (χ1) is 13.4. The molecule has 0 atom stereocenters. The molecule has 0 amide bonds. The van der Waals surface area contributed by atoms with Crippen LogP contribution in [0, 0.1) is 10.1 Å². The summed E-state index contributed by atoms with van der Waals surface area (Å²) >= 11 is 12.7. The minimum Gasteiger partial charge on any atom is -0.258 e. The van der Waals surface area contributed by atoms with E-state index in [1.807, 2.05) is 0 Å². The predicted molar refractivity (Wildman–Crippen MR) is 103 cm³/mol. The van der Waals surface area contributed by atoms with Crippen LogP contribution in [0.2, 0.25) is 10.0 Å². The third kappa shape index (κ3) is 6.44. The molecule has 14 heteroatoms. The molecule has 29 heavy (non-hydrogen) atoms. The Morgan fingerprint density at radius 1 is 1.21 bits per heavy atom. The second-order valence-electron chi connectivity index (χ2n) is 5.48. The van der Waals surface area contributed by atoms with E-state index < -0.39 is 37.3 Å². The summed E-state index contributed by atoms with van der Waals surface area (Å²) in [6.07, 6.45) is -3.59. The number of hydrogen-bond acceptors (Lipinski definition) is 6. The van der Waals surface area contributed by atoms with E-state index in [-0.39, 0.29) is 28.0 Å². The number of aromatic nitrogens is 1. The highest BCUT2D eigenvalue weighted by atomic mass is 35.5. The molecule has 0 spiro atoms. The number of nitro benzene ring substituents is 1. The molecular formula is C15H12Cl2F3N3O4S2. The number of thioether (sulfide) groups is 1. The van der Waals surface area contributed by atoms with Crippen LogP contribution in [0.25, 0.3) is 0 Å². The molecule has 1 aromatic carbocycles. The van der Waals surface area contributed by atoms with Gasteiger partial charge in [-0.2, -0.15) is 13.2 Å². The Hall–Kier alpha value is -1.60. The van der Waals surface area contributed by atoms with Crippen LogP contribution in [-0.4, -0.2) is 30.6 Å². The normalized spacial score (nSPS) is 12.2. The predicted octanol–water partition coefficient (Wildman–Crippen LogP) is 4.78. The van der Waals surface area contributed by atoms with Crippen LogP contribution in [0.3, 0.4) is 0 Å². The van der Waals surface area contributed by atoms with E-state index in [4.69, 9.17) is 23.2 Å². The van der Waals surface area contributed by atoms with Crippen LogP contribution >= 0.6 is 35.0 Å². The van der Waals surface area contributed by atoms with Gasteiger partial charge in [-0.15, -0.1) is 11.8 Å². The van der Waals surface area contributed by atoms with Crippen molar-refractivity contribution in [2.45, 2.75) is 22.5 Å². The number of halogens is 5. The largest absolute Gasteiger partial charge is 0.417 e. The zero-order valence-corrected chi connectivity index (χ0v) is 17.4. The molecule has 0 saturated carbocycles. The summed E-state index contributed by atoms with van der Waals surface area (Å²) in [5.74, 6) is 0.309. The van der Waals surface area contributed by atoms with E-state index in [2.05, 4.69) is 9.71 Å². The monoisotopic (exact) mass is 489 g/mol. The maximum atomic E-state index is 12.6. The number of benzene rings is 1. The van der Waals surface area contributed by atoms with Crippen molar-refractivity contribution >= 4 is 50.7 Å². The van der Waals surface area contributed by atoms with Crippen molar-refractivity contribution in [3.05, 3.63) is 56.2 Å². The minimum atomic E-state index is -4.55. The molecule has 2 rings (SSSR count). The first-order valence-electron chi connectivity index (χ1n) is 7.71. The van der Waals surface area contributed by atoms with Gasteiger partial charge in [0.15, 0.2) is 0 Å². The molecular weight excluding hydrogens is 478 g/mol. The Bertz CT molecular complexity index is 1020. The van der Waals surface area contributed by atoms with Crippen molar-refractivity contribution in [2.75, 3.05) is 12.3 Å². The number of pyridine rings is 1. The molecule has 158 valence electrons. The maximum Gasteiger partial charge on any atom is 0.417 e. The molecule has 1 N–H and O–H groups in total. The van der Waals surface area contributed by atoms with Crippen molar-refractivity contribution in [1.82, 2.24) is 9.71 Å². The Morgan fingerprint density at radius 2 is 1.90 bits per heavy atom. The average molecular weight is 490 g/mol. The van der Waals surface area contributed by atoms with Gasteiger partial charge in [0.2, 0.25) is 10.0 Å². The number of nitrogens with one attached hydrogen (secondary N) is 1. The maximum absolute atomic E-state index is 12.6. The van der Waals surface area contributed by atoms with Crippen molar-refractivity contribution in [3.8, 4) is 0 Å². The number of hydrogen-bond donors (Lipinski definition) is 1. The lowest BCUT2D eigenvalue weighted by molar-refractivity contribution is -0.385. The Kier molecular flexibility index (Phi) is 7.74. The fraction of sp³-hybridized carbons (Fsp3) is 0.267. The van der Waals surface area contributed by atoms with E-state index in [9.17, 15) is 31.7 Å². The van der Waals surface area contributed by atoms with Crippen molar-refractivity contribution < 1.29 is 26.5 Å². The molecule has 0 radical (unpaired) electrons. The van der Waals surface area contributed by atoms with Gasteiger partial charge in [0.05, 0.1) is 20.5 Å². The SMILES string of the molecule is O=[N+]([O-])c1ccc(Cl)c(S(=O)(=O)NCCCSc2ncc(C(F)(F)F)cc2Cl)c1. The average Bonchev–Trinajstić information content (AvgIpc) is 2.61. The molecule has 0 bridgehead atoms. The van der Waals surface area contributed by atoms with Crippen LogP contribution in [0.15, 0.2) is 40.4 Å². The first-order valence-corrected chi connectivity index (χ1v) is 10.9. The molecule has 0 fully saturated rings. The minimum absolute atomic E-state index is 0.0351. The zero-order valence-electron chi connectivity index (χ0n) is 14.2. The lowest BCUT2D eigenvalue weighted by Gasteiger charge is -2.10. The van der Waals surface area contributed by atoms with Gasteiger partial charge in [-0.05, 0) is 18.6 Å². The second kappa shape index (κ2) is 9.47. The highest BCUT2D eigenvalue weighted by Gasteiger charge is 2.31. The fourth-order valence-corrected chi connectivity index (χ4v) is 4.75. The number of rotatable bonds is 8. The van der Waals surface area contributed by atoms with Crippen LogP contribution in [0.4, 0.5) is 18.9 Å². The highest BCUT2D eigenvalue weighted by Crippen LogP contribution is 2.33. The summed E-state index contributed by atoms with van der Waals surface area (Å²) in [5.41, 5.74) is -1.39. The second-order valence-corrected chi connectivity index (χ2v) is 9.11. The molecule has 1 aromatic heterocycles. The number of nitro groups is 1. The lowest BCUT2D eigenvalue weighted by Crippen LogP contribution is -2.25. The third-order valence-corrected chi connectivity index (χ3v) is 6.84. The number of alkyl halides is 3. The van der Waals surface area contributed by atoms with Crippen LogP contribution in [-0.2, 0) is 16.2 Å². The summed E-state index contributed by atoms with van der Waals surface area (Å²) in [7, 11) is -4.08. The Balaban J connectivity index is 1.92. The van der Waals surface area contributed by atoms with Gasteiger partial charge in [0, 0.05) is 30.6 Å². The van der Waals surface area contributed by atoms with Gasteiger partial charge < -0.3 is 0 Å². The van der Waals surface area contributed by atoms with Gasteiger partial charge >= 0.3 is 6.18 Å². The summed E-state index contributed by atoms with van der Waals surface area (Å²) in [6.45, 7) is -0.0351. The van der Waals surface area contributed by atoms with Gasteiger partial charge in [-0.1, -0.05) is 23.2 Å². The quantitative estimate of drug-likeness (QED) is 0.248. The van der Waals surface area contributed by atoms with E-state index in [0.717, 1.165) is 36.0 Å². The molecule has 0 aliphatic rings. The number of nitrogens with zero attached hydrogens (tertiary/aromatic N) is 2. The summed E-state index contributed by atoms with van der Waals surface area (Å²) < 4.78 is 64.6. The topological polar surface area (TPSA) is 102 Å². The van der Waals surface area contributed by atoms with Crippen molar-refractivity contribution in [2.24, 2.45) is 0 Å². The smallest absolute Gasteiger partial charge is 0.258 e. The lowest BCUT2D eigenvalue weighted by atomic mass is 10.3. The first kappa shape index (κ1) is 23.7. The van der Waals surface area contributed by atoms with E-state index in [1.165, 1.54) is 0 Å². The third-order valence-electron chi connectivity index (χ3n) is 3.40. The molecule has 0 saturated heterocycles. The van der Waals surface area contributed by atoms with Crippen molar-refractivity contribution in [3.63, 3.8) is 0 Å². The molecule has 7 nitrogen and oxygen atoms in total. The van der Waals surface area contributed by atoms with Crippen LogP contribution in [0.1, 0.15) is 12.0 Å². The zero-order chi connectivity index (χ0) is 21.8. The molecule has 0 aliphatic heterocycles. The van der Waals surface area contributed by atoms with Gasteiger partial charge in [-0.25, -0.2) is 18.1 Å². The van der Waals surface area contributed by atoms with Gasteiger partial charge in [0.1, 0.15) is 9.92 Å². The number of non-ortho nitro benzene ring substituents is 1. The van der Waals surface area contributed by atoms with E-state index in [1.54, 1.807) is 0 Å². The van der Waals surface area contributed by atoms with Crippen LogP contribution < -0.4 is 4.72 Å². The summed E-state index contributed by atoms with van der Waals surface area (Å²) in [6, 6.07) is 3.82. The molecule has 1 heterocycles. The van der Waals surface area contributed by atoms with Crippen LogP contribution in [0.5, 0.6) is 0 Å². The summed E-state index contributed by atoms with van der Waals surface area (Å²) in [5, 5.41) is 10.7. The van der Waals surface area contributed by atoms with Gasteiger partial charge in [0.25, 0.3) is 5.69 Å². The Morgan fingerprint density at radius 3 is 2.48 bits per heavy atom.